The molecule has 2 heteroatoms. The number of rotatable bonds is 2. The van der Waals surface area contributed by atoms with Crippen molar-refractivity contribution in [3.63, 3.8) is 0 Å². The zero-order chi connectivity index (χ0) is 9.84. The van der Waals surface area contributed by atoms with E-state index in [1.54, 1.807) is 7.11 Å². The number of halogens is 1. The molecule has 0 heterocycles. The van der Waals surface area contributed by atoms with Crippen molar-refractivity contribution in [2.24, 2.45) is 0 Å². The highest BCUT2D eigenvalue weighted by Crippen LogP contribution is 2.28. The molecule has 0 aliphatic rings. The van der Waals surface area contributed by atoms with E-state index < -0.39 is 0 Å². The molecule has 1 rings (SSSR count). The van der Waals surface area contributed by atoms with Crippen molar-refractivity contribution >= 4 is 15.9 Å². The van der Waals surface area contributed by atoms with Crippen LogP contribution in [0.4, 0.5) is 0 Å². The van der Waals surface area contributed by atoms with E-state index in [1.165, 1.54) is 0 Å². The summed E-state index contributed by atoms with van der Waals surface area (Å²) in [6, 6.07) is 5.80. The Labute approximate surface area is 87.2 Å². The lowest BCUT2D eigenvalue weighted by atomic mass is 10.0. The molecule has 68 valence electrons. The quantitative estimate of drug-likeness (QED) is 0.720. The van der Waals surface area contributed by atoms with Gasteiger partial charge in [-0.15, -0.1) is 6.42 Å². The van der Waals surface area contributed by atoms with E-state index in [4.69, 9.17) is 11.2 Å². The normalized spacial score (nSPS) is 11.8. The van der Waals surface area contributed by atoms with Gasteiger partial charge in [0.05, 0.1) is 7.11 Å². The zero-order valence-electron chi connectivity index (χ0n) is 7.67. The molecular weight excluding hydrogens is 228 g/mol. The van der Waals surface area contributed by atoms with Crippen LogP contribution in [0.15, 0.2) is 22.7 Å². The predicted molar refractivity (Wildman–Crippen MR) is 57.9 cm³/mol. The van der Waals surface area contributed by atoms with Crippen LogP contribution in [0.5, 0.6) is 5.75 Å². The van der Waals surface area contributed by atoms with E-state index in [2.05, 4.69) is 21.9 Å². The van der Waals surface area contributed by atoms with Gasteiger partial charge < -0.3 is 4.74 Å². The van der Waals surface area contributed by atoms with E-state index in [0.717, 1.165) is 15.8 Å². The van der Waals surface area contributed by atoms with Crippen molar-refractivity contribution in [1.29, 1.82) is 0 Å². The fourth-order valence-electron chi connectivity index (χ4n) is 1.07. The molecule has 1 aromatic rings. The van der Waals surface area contributed by atoms with Gasteiger partial charge in [0.15, 0.2) is 0 Å². The van der Waals surface area contributed by atoms with Crippen molar-refractivity contribution in [1.82, 2.24) is 0 Å². The minimum absolute atomic E-state index is 0.101. The van der Waals surface area contributed by atoms with Crippen LogP contribution in [-0.4, -0.2) is 7.11 Å². The van der Waals surface area contributed by atoms with Crippen molar-refractivity contribution in [2.75, 3.05) is 7.11 Å². The number of benzene rings is 1. The average Bonchev–Trinajstić information content (AvgIpc) is 2.17. The lowest BCUT2D eigenvalue weighted by Gasteiger charge is -2.09. The summed E-state index contributed by atoms with van der Waals surface area (Å²) in [7, 11) is 1.65. The van der Waals surface area contributed by atoms with E-state index in [1.807, 2.05) is 25.1 Å². The molecule has 0 radical (unpaired) electrons. The summed E-state index contributed by atoms with van der Waals surface area (Å²) in [5.74, 6) is 3.62. The van der Waals surface area contributed by atoms with Gasteiger partial charge in [-0.3, -0.25) is 0 Å². The molecule has 0 aliphatic heterocycles. The van der Waals surface area contributed by atoms with Crippen LogP contribution in [-0.2, 0) is 0 Å². The van der Waals surface area contributed by atoms with Gasteiger partial charge in [0.25, 0.3) is 0 Å². The zero-order valence-corrected chi connectivity index (χ0v) is 9.26. The number of ether oxygens (including phenoxy) is 1. The standard InChI is InChI=1S/C11H11BrO/c1-4-8(2)10-7-9(13-3)5-6-11(10)12/h1,5-8H,2-3H3. The lowest BCUT2D eigenvalue weighted by molar-refractivity contribution is 0.414. The van der Waals surface area contributed by atoms with Crippen LogP contribution in [0.25, 0.3) is 0 Å². The molecule has 0 aliphatic carbocycles. The van der Waals surface area contributed by atoms with Crippen LogP contribution in [0, 0.1) is 12.3 Å². The second-order valence-electron chi connectivity index (χ2n) is 2.78. The Balaban J connectivity index is 3.12. The summed E-state index contributed by atoms with van der Waals surface area (Å²) in [5.41, 5.74) is 1.09. The smallest absolute Gasteiger partial charge is 0.119 e. The van der Waals surface area contributed by atoms with Crippen LogP contribution in [0.1, 0.15) is 18.4 Å². The molecule has 0 saturated carbocycles. The molecule has 1 nitrogen and oxygen atoms in total. The van der Waals surface area contributed by atoms with Gasteiger partial charge in [-0.2, -0.15) is 0 Å². The molecule has 0 N–H and O–H groups in total. The molecule has 1 aromatic carbocycles. The summed E-state index contributed by atoms with van der Waals surface area (Å²) < 4.78 is 6.14. The molecular formula is C11H11BrO. The van der Waals surface area contributed by atoms with Gasteiger partial charge in [0.2, 0.25) is 0 Å². The fourth-order valence-corrected chi connectivity index (χ4v) is 1.66. The SMILES string of the molecule is C#CC(C)c1cc(OC)ccc1Br. The minimum Gasteiger partial charge on any atom is -0.497 e. The summed E-state index contributed by atoms with van der Waals surface area (Å²) in [6.07, 6.45) is 5.35. The Bertz CT molecular complexity index is 338. The first-order chi connectivity index (χ1) is 6.19. The highest BCUT2D eigenvalue weighted by atomic mass is 79.9. The molecule has 0 bridgehead atoms. The molecule has 0 saturated heterocycles. The van der Waals surface area contributed by atoms with Gasteiger partial charge in [-0.25, -0.2) is 0 Å². The van der Waals surface area contributed by atoms with Crippen molar-refractivity contribution in [3.8, 4) is 18.1 Å². The third-order valence-electron chi connectivity index (χ3n) is 1.92. The van der Waals surface area contributed by atoms with Gasteiger partial charge >= 0.3 is 0 Å². The third kappa shape index (κ3) is 2.26. The summed E-state index contributed by atoms with van der Waals surface area (Å²) in [6.45, 7) is 1.99. The average molecular weight is 239 g/mol. The maximum absolute atomic E-state index is 5.35. The van der Waals surface area contributed by atoms with E-state index in [9.17, 15) is 0 Å². The maximum Gasteiger partial charge on any atom is 0.119 e. The van der Waals surface area contributed by atoms with Crippen LogP contribution in [0.2, 0.25) is 0 Å². The second-order valence-corrected chi connectivity index (χ2v) is 3.63. The molecule has 1 unspecified atom stereocenters. The first-order valence-electron chi connectivity index (χ1n) is 3.98. The van der Waals surface area contributed by atoms with Gasteiger partial charge in [0, 0.05) is 10.4 Å². The highest BCUT2D eigenvalue weighted by Gasteiger charge is 2.07. The fraction of sp³-hybridized carbons (Fsp3) is 0.273. The van der Waals surface area contributed by atoms with Crippen molar-refractivity contribution < 1.29 is 4.74 Å². The Hall–Kier alpha value is -0.940. The summed E-state index contributed by atoms with van der Waals surface area (Å²) in [4.78, 5) is 0. The van der Waals surface area contributed by atoms with Gasteiger partial charge in [-0.05, 0) is 30.7 Å². The number of hydrogen-bond acceptors (Lipinski definition) is 1. The molecule has 0 spiro atoms. The lowest BCUT2D eigenvalue weighted by Crippen LogP contribution is -1.92. The first kappa shape index (κ1) is 10.1. The van der Waals surface area contributed by atoms with Crippen molar-refractivity contribution in [3.05, 3.63) is 28.2 Å². The molecule has 0 aromatic heterocycles. The van der Waals surface area contributed by atoms with Crippen molar-refractivity contribution in [2.45, 2.75) is 12.8 Å². The predicted octanol–water partition coefficient (Wildman–Crippen LogP) is 3.19. The third-order valence-corrected chi connectivity index (χ3v) is 2.64. The molecule has 13 heavy (non-hydrogen) atoms. The van der Waals surface area contributed by atoms with E-state index in [0.29, 0.717) is 0 Å². The van der Waals surface area contributed by atoms with Crippen LogP contribution >= 0.6 is 15.9 Å². The number of methoxy groups -OCH3 is 1. The number of terminal acetylenes is 1. The minimum atomic E-state index is 0.101. The van der Waals surface area contributed by atoms with E-state index in [-0.39, 0.29) is 5.92 Å². The van der Waals surface area contributed by atoms with E-state index >= 15 is 0 Å². The maximum atomic E-state index is 5.35. The Kier molecular flexibility index (Phi) is 3.39. The highest BCUT2D eigenvalue weighted by molar-refractivity contribution is 9.10. The van der Waals surface area contributed by atoms with Crippen LogP contribution < -0.4 is 4.74 Å². The Morgan fingerprint density at radius 1 is 1.54 bits per heavy atom. The largest absolute Gasteiger partial charge is 0.497 e. The summed E-state index contributed by atoms with van der Waals surface area (Å²) >= 11 is 3.45. The Morgan fingerprint density at radius 2 is 2.23 bits per heavy atom. The van der Waals surface area contributed by atoms with Gasteiger partial charge in [0.1, 0.15) is 5.75 Å². The monoisotopic (exact) mass is 238 g/mol. The van der Waals surface area contributed by atoms with Gasteiger partial charge in [-0.1, -0.05) is 21.9 Å². The molecule has 0 fully saturated rings. The molecule has 1 atom stereocenters. The Morgan fingerprint density at radius 3 is 2.77 bits per heavy atom. The number of hydrogen-bond donors (Lipinski definition) is 0. The second kappa shape index (κ2) is 4.34. The first-order valence-corrected chi connectivity index (χ1v) is 4.78. The summed E-state index contributed by atoms with van der Waals surface area (Å²) in [5, 5.41) is 0. The topological polar surface area (TPSA) is 9.23 Å². The van der Waals surface area contributed by atoms with Crippen LogP contribution in [0.3, 0.4) is 0 Å². The molecule has 0 amide bonds.